The molecule has 1 aromatic carbocycles. The van der Waals surface area contributed by atoms with Crippen LogP contribution in [0.25, 0.3) is 0 Å². The third-order valence-corrected chi connectivity index (χ3v) is 3.61. The van der Waals surface area contributed by atoms with E-state index in [1.807, 2.05) is 25.1 Å². The molecule has 1 N–H and O–H groups in total. The molecule has 3 nitrogen and oxygen atoms in total. The average molecular weight is 265 g/mol. The second kappa shape index (κ2) is 6.25. The Balaban J connectivity index is 1.85. The molecule has 0 spiro atoms. The van der Waals surface area contributed by atoms with Crippen LogP contribution in [-0.4, -0.2) is 25.7 Å². The fraction of sp³-hybridized carbons (Fsp3) is 0.500. The first-order valence-electron chi connectivity index (χ1n) is 6.32. The highest BCUT2D eigenvalue weighted by atomic mass is 32.1. The van der Waals surface area contributed by atoms with Crippen molar-refractivity contribution in [1.29, 1.82) is 0 Å². The van der Waals surface area contributed by atoms with Crippen molar-refractivity contribution in [3.8, 4) is 0 Å². The zero-order valence-electron chi connectivity index (χ0n) is 10.6. The molecule has 2 rings (SSSR count). The van der Waals surface area contributed by atoms with Crippen LogP contribution in [0.1, 0.15) is 28.8 Å². The van der Waals surface area contributed by atoms with Gasteiger partial charge >= 0.3 is 0 Å². The van der Waals surface area contributed by atoms with Crippen LogP contribution in [0.3, 0.4) is 0 Å². The Morgan fingerprint density at radius 2 is 2.39 bits per heavy atom. The lowest BCUT2D eigenvalue weighted by molar-refractivity contribution is 0.0949. The molecule has 1 unspecified atom stereocenters. The Morgan fingerprint density at radius 1 is 1.56 bits per heavy atom. The fourth-order valence-corrected chi connectivity index (χ4v) is 2.35. The summed E-state index contributed by atoms with van der Waals surface area (Å²) >= 11 is 4.26. The predicted molar refractivity (Wildman–Crippen MR) is 74.3 cm³/mol. The van der Waals surface area contributed by atoms with Crippen LogP contribution >= 0.6 is 12.6 Å². The monoisotopic (exact) mass is 265 g/mol. The SMILES string of the molecule is Cc1ccc(S)cc1C(=O)NCCC1CCOC1. The maximum absolute atomic E-state index is 12.0. The lowest BCUT2D eigenvalue weighted by Crippen LogP contribution is -2.26. The van der Waals surface area contributed by atoms with Crippen molar-refractivity contribution in [2.24, 2.45) is 5.92 Å². The number of carbonyl (C=O) groups is 1. The molecule has 1 aliphatic heterocycles. The van der Waals surface area contributed by atoms with Crippen LogP contribution < -0.4 is 5.32 Å². The molecular formula is C14H19NO2S. The number of carbonyl (C=O) groups excluding carboxylic acids is 1. The molecule has 1 amide bonds. The van der Waals surface area contributed by atoms with E-state index < -0.39 is 0 Å². The Kier molecular flexibility index (Phi) is 4.66. The van der Waals surface area contributed by atoms with Gasteiger partial charge in [0.2, 0.25) is 0 Å². The van der Waals surface area contributed by atoms with Gasteiger partial charge in [0, 0.05) is 30.2 Å². The highest BCUT2D eigenvalue weighted by Crippen LogP contribution is 2.16. The molecule has 1 atom stereocenters. The highest BCUT2D eigenvalue weighted by Gasteiger charge is 2.16. The van der Waals surface area contributed by atoms with Gasteiger partial charge in [0.15, 0.2) is 0 Å². The van der Waals surface area contributed by atoms with Crippen LogP contribution in [-0.2, 0) is 4.74 Å². The maximum atomic E-state index is 12.0. The molecule has 4 heteroatoms. The Morgan fingerprint density at radius 3 is 3.11 bits per heavy atom. The van der Waals surface area contributed by atoms with E-state index in [1.54, 1.807) is 0 Å². The van der Waals surface area contributed by atoms with Gasteiger partial charge in [-0.05, 0) is 43.4 Å². The van der Waals surface area contributed by atoms with Crippen LogP contribution in [0.5, 0.6) is 0 Å². The van der Waals surface area contributed by atoms with Crippen molar-refractivity contribution < 1.29 is 9.53 Å². The van der Waals surface area contributed by atoms with E-state index >= 15 is 0 Å². The molecule has 0 saturated carbocycles. The number of thiol groups is 1. The molecule has 1 saturated heterocycles. The van der Waals surface area contributed by atoms with E-state index in [4.69, 9.17) is 4.74 Å². The van der Waals surface area contributed by atoms with E-state index in [2.05, 4.69) is 17.9 Å². The number of hydrogen-bond acceptors (Lipinski definition) is 3. The molecular weight excluding hydrogens is 246 g/mol. The van der Waals surface area contributed by atoms with Gasteiger partial charge in [-0.2, -0.15) is 0 Å². The molecule has 1 fully saturated rings. The predicted octanol–water partition coefficient (Wildman–Crippen LogP) is 2.44. The largest absolute Gasteiger partial charge is 0.381 e. The number of benzene rings is 1. The van der Waals surface area contributed by atoms with Crippen LogP contribution in [0.2, 0.25) is 0 Å². The molecule has 0 aromatic heterocycles. The van der Waals surface area contributed by atoms with Gasteiger partial charge in [-0.15, -0.1) is 12.6 Å². The first-order chi connectivity index (χ1) is 8.66. The lowest BCUT2D eigenvalue weighted by atomic mass is 10.0. The third kappa shape index (κ3) is 3.50. The molecule has 98 valence electrons. The fourth-order valence-electron chi connectivity index (χ4n) is 2.15. The summed E-state index contributed by atoms with van der Waals surface area (Å²) in [7, 11) is 0. The van der Waals surface area contributed by atoms with E-state index in [9.17, 15) is 4.79 Å². The Labute approximate surface area is 113 Å². The second-order valence-electron chi connectivity index (χ2n) is 4.77. The van der Waals surface area contributed by atoms with Gasteiger partial charge in [0.1, 0.15) is 0 Å². The summed E-state index contributed by atoms with van der Waals surface area (Å²) in [5.41, 5.74) is 1.69. The maximum Gasteiger partial charge on any atom is 0.251 e. The Hall–Kier alpha value is -1.00. The molecule has 0 radical (unpaired) electrons. The highest BCUT2D eigenvalue weighted by molar-refractivity contribution is 7.80. The van der Waals surface area contributed by atoms with Crippen molar-refractivity contribution >= 4 is 18.5 Å². The minimum absolute atomic E-state index is 0.0117. The minimum atomic E-state index is -0.0117. The van der Waals surface area contributed by atoms with Gasteiger partial charge in [-0.1, -0.05) is 6.07 Å². The summed E-state index contributed by atoms with van der Waals surface area (Å²) in [5, 5.41) is 2.97. The smallest absolute Gasteiger partial charge is 0.251 e. The average Bonchev–Trinajstić information content (AvgIpc) is 2.85. The van der Waals surface area contributed by atoms with E-state index in [0.717, 1.165) is 36.5 Å². The molecule has 1 heterocycles. The number of ether oxygens (including phenoxy) is 1. The summed E-state index contributed by atoms with van der Waals surface area (Å²) in [6, 6.07) is 5.62. The second-order valence-corrected chi connectivity index (χ2v) is 5.29. The molecule has 1 aliphatic rings. The lowest BCUT2D eigenvalue weighted by Gasteiger charge is -2.10. The Bertz CT molecular complexity index is 428. The van der Waals surface area contributed by atoms with E-state index in [-0.39, 0.29) is 5.91 Å². The van der Waals surface area contributed by atoms with Gasteiger partial charge in [0.25, 0.3) is 5.91 Å². The standard InChI is InChI=1S/C14H19NO2S/c1-10-2-3-12(18)8-13(10)14(16)15-6-4-11-5-7-17-9-11/h2-3,8,11,18H,4-7,9H2,1H3,(H,15,16). The van der Waals surface area contributed by atoms with Gasteiger partial charge in [-0.25, -0.2) is 0 Å². The van der Waals surface area contributed by atoms with Crippen LogP contribution in [0.4, 0.5) is 0 Å². The summed E-state index contributed by atoms with van der Waals surface area (Å²) in [6.45, 7) is 4.34. The molecule has 0 aliphatic carbocycles. The number of amides is 1. The molecule has 18 heavy (non-hydrogen) atoms. The van der Waals surface area contributed by atoms with Crippen LogP contribution in [0, 0.1) is 12.8 Å². The van der Waals surface area contributed by atoms with Crippen molar-refractivity contribution in [2.75, 3.05) is 19.8 Å². The molecule has 1 aromatic rings. The topological polar surface area (TPSA) is 38.3 Å². The number of hydrogen-bond donors (Lipinski definition) is 2. The number of nitrogens with one attached hydrogen (secondary N) is 1. The first kappa shape index (κ1) is 13.4. The zero-order valence-corrected chi connectivity index (χ0v) is 11.5. The summed E-state index contributed by atoms with van der Waals surface area (Å²) < 4.78 is 5.31. The molecule has 0 bridgehead atoms. The van der Waals surface area contributed by atoms with Crippen molar-refractivity contribution in [2.45, 2.75) is 24.7 Å². The summed E-state index contributed by atoms with van der Waals surface area (Å²) in [6.07, 6.45) is 2.10. The van der Waals surface area contributed by atoms with E-state index in [0.29, 0.717) is 18.0 Å². The van der Waals surface area contributed by atoms with Gasteiger partial charge < -0.3 is 10.1 Å². The van der Waals surface area contributed by atoms with Crippen LogP contribution in [0.15, 0.2) is 23.1 Å². The third-order valence-electron chi connectivity index (χ3n) is 3.33. The first-order valence-corrected chi connectivity index (χ1v) is 6.77. The summed E-state index contributed by atoms with van der Waals surface area (Å²) in [4.78, 5) is 12.8. The number of aryl methyl sites for hydroxylation is 1. The van der Waals surface area contributed by atoms with Crippen molar-refractivity contribution in [3.05, 3.63) is 29.3 Å². The minimum Gasteiger partial charge on any atom is -0.381 e. The van der Waals surface area contributed by atoms with Gasteiger partial charge in [-0.3, -0.25) is 4.79 Å². The zero-order chi connectivity index (χ0) is 13.0. The number of rotatable bonds is 4. The van der Waals surface area contributed by atoms with Gasteiger partial charge in [0.05, 0.1) is 0 Å². The normalized spacial score (nSPS) is 18.9. The van der Waals surface area contributed by atoms with Crippen molar-refractivity contribution in [1.82, 2.24) is 5.32 Å². The quantitative estimate of drug-likeness (QED) is 0.821. The van der Waals surface area contributed by atoms with Crippen molar-refractivity contribution in [3.63, 3.8) is 0 Å². The van der Waals surface area contributed by atoms with E-state index in [1.165, 1.54) is 0 Å². The summed E-state index contributed by atoms with van der Waals surface area (Å²) in [5.74, 6) is 0.588.